The Balaban J connectivity index is 1.46. The highest BCUT2D eigenvalue weighted by molar-refractivity contribution is 8.76. The van der Waals surface area contributed by atoms with Gasteiger partial charge in [-0.3, -0.25) is 0 Å². The molecule has 41 heavy (non-hydrogen) atoms. The summed E-state index contributed by atoms with van der Waals surface area (Å²) in [5, 5.41) is 0.746. The predicted octanol–water partition coefficient (Wildman–Crippen LogP) is 11.2. The Morgan fingerprint density at radius 3 is 2.44 bits per heavy atom. The van der Waals surface area contributed by atoms with E-state index in [1.807, 2.05) is 0 Å². The summed E-state index contributed by atoms with van der Waals surface area (Å²) in [5.74, 6) is 5.37. The molecule has 0 aromatic heterocycles. The minimum absolute atomic E-state index is 0.105. The maximum absolute atomic E-state index is 6.64. The smallest absolute Gasteiger partial charge is 0.295 e. The van der Waals surface area contributed by atoms with Crippen LogP contribution in [0.2, 0.25) is 0 Å². The number of allylic oxidation sites excluding steroid dienone is 1. The molecular weight excluding hydrogens is 537 g/mol. The summed E-state index contributed by atoms with van der Waals surface area (Å²) in [6.45, 7) is 25.6. The first-order valence-corrected chi connectivity index (χ1v) is 19.8. The molecule has 3 fully saturated rings. The lowest BCUT2D eigenvalue weighted by Crippen LogP contribution is -2.66. The van der Waals surface area contributed by atoms with Crippen molar-refractivity contribution >= 4 is 21.6 Å². The third kappa shape index (κ3) is 6.10. The number of hydrogen-bond donors (Lipinski definition) is 0. The van der Waals surface area contributed by atoms with Gasteiger partial charge in [0.15, 0.2) is 0 Å². The lowest BCUT2D eigenvalue weighted by Gasteiger charge is -2.62. The molecule has 0 radical (unpaired) electrons. The third-order valence-corrected chi connectivity index (χ3v) is 16.6. The van der Waals surface area contributed by atoms with E-state index in [0.717, 1.165) is 34.8 Å². The van der Waals surface area contributed by atoms with Crippen molar-refractivity contribution in [1.29, 1.82) is 0 Å². The van der Waals surface area contributed by atoms with Gasteiger partial charge in [0.2, 0.25) is 0 Å². The van der Waals surface area contributed by atoms with Crippen LogP contribution >= 0.6 is 21.6 Å². The molecule has 2 unspecified atom stereocenters. The minimum atomic E-state index is -0.105. The molecule has 0 heterocycles. The van der Waals surface area contributed by atoms with E-state index in [-0.39, 0.29) is 16.4 Å². The van der Waals surface area contributed by atoms with Crippen molar-refractivity contribution in [1.82, 2.24) is 4.90 Å². The van der Waals surface area contributed by atoms with Gasteiger partial charge < -0.3 is 4.90 Å². The summed E-state index contributed by atoms with van der Waals surface area (Å²) < 4.78 is 0. The van der Waals surface area contributed by atoms with E-state index in [0.29, 0.717) is 5.41 Å². The number of unbranched alkanes of at least 4 members (excludes halogenated alkanes) is 1. The molecule has 0 aliphatic heterocycles. The summed E-state index contributed by atoms with van der Waals surface area (Å²) in [7, 11) is 8.66. The summed E-state index contributed by atoms with van der Waals surface area (Å²) in [4.78, 5) is 7.36. The third-order valence-electron chi connectivity index (χ3n) is 13.6. The zero-order chi connectivity index (χ0) is 30.1. The molecule has 4 aliphatic carbocycles. The fourth-order valence-corrected chi connectivity index (χ4v) is 13.8. The molecule has 0 spiro atoms. The van der Waals surface area contributed by atoms with Crippen molar-refractivity contribution in [2.24, 2.45) is 45.8 Å². The summed E-state index contributed by atoms with van der Waals surface area (Å²) in [5.41, 5.74) is 2.32. The SMILES string of the molecule is C#[N+][C@]12CC[C@@]3(C)C(CC[C@@H]3[C@H](C)CC[C@@H](CC)C(C)C)[C@]1(C)CC=C1CC(SSCCCCN(C)C)CC[C@@]12C. The zero-order valence-corrected chi connectivity index (χ0v) is 30.1. The Labute approximate surface area is 263 Å². The van der Waals surface area contributed by atoms with Crippen LogP contribution in [0.3, 0.4) is 0 Å². The van der Waals surface area contributed by atoms with Crippen molar-refractivity contribution in [3.8, 4) is 6.57 Å². The minimum Gasteiger partial charge on any atom is -0.309 e. The Morgan fingerprint density at radius 1 is 1.02 bits per heavy atom. The van der Waals surface area contributed by atoms with Gasteiger partial charge >= 0.3 is 0 Å². The zero-order valence-electron chi connectivity index (χ0n) is 28.4. The molecule has 0 aromatic carbocycles. The summed E-state index contributed by atoms with van der Waals surface area (Å²) >= 11 is 0. The molecule has 0 saturated heterocycles. The highest BCUT2D eigenvalue weighted by atomic mass is 33.1. The first-order valence-electron chi connectivity index (χ1n) is 17.4. The van der Waals surface area contributed by atoms with Crippen LogP contribution in [-0.4, -0.2) is 42.1 Å². The molecule has 4 aliphatic rings. The molecule has 2 nitrogen and oxygen atoms in total. The van der Waals surface area contributed by atoms with Crippen molar-refractivity contribution in [3.63, 3.8) is 0 Å². The first-order chi connectivity index (χ1) is 19.4. The van der Waals surface area contributed by atoms with Crippen molar-refractivity contribution in [3.05, 3.63) is 16.5 Å². The van der Waals surface area contributed by atoms with Crippen LogP contribution in [0, 0.1) is 52.4 Å². The first kappa shape index (κ1) is 33.8. The topological polar surface area (TPSA) is 7.60 Å². The van der Waals surface area contributed by atoms with Gasteiger partial charge in [-0.05, 0) is 127 Å². The van der Waals surface area contributed by atoms with Crippen LogP contribution in [0.1, 0.15) is 132 Å². The van der Waals surface area contributed by atoms with E-state index in [4.69, 9.17) is 11.4 Å². The molecule has 0 amide bonds. The second-order valence-corrected chi connectivity index (χ2v) is 19.0. The predicted molar refractivity (Wildman–Crippen MR) is 186 cm³/mol. The molecular formula is C37H65N2S2+. The van der Waals surface area contributed by atoms with Gasteiger partial charge in [0.1, 0.15) is 0 Å². The van der Waals surface area contributed by atoms with Crippen LogP contribution in [0.15, 0.2) is 11.6 Å². The maximum Gasteiger partial charge on any atom is 0.295 e. The molecule has 234 valence electrons. The van der Waals surface area contributed by atoms with E-state index in [9.17, 15) is 0 Å². The van der Waals surface area contributed by atoms with E-state index in [1.54, 1.807) is 5.57 Å². The Bertz CT molecular complexity index is 953. The van der Waals surface area contributed by atoms with Crippen LogP contribution < -0.4 is 0 Å². The van der Waals surface area contributed by atoms with E-state index in [2.05, 4.69) is 95.1 Å². The molecule has 4 heteroatoms. The molecule has 0 N–H and O–H groups in total. The van der Waals surface area contributed by atoms with Crippen molar-refractivity contribution in [2.45, 2.75) is 143 Å². The Kier molecular flexibility index (Phi) is 11.1. The molecule has 0 aromatic rings. The second-order valence-electron chi connectivity index (χ2n) is 16.2. The van der Waals surface area contributed by atoms with Gasteiger partial charge in [0, 0.05) is 17.4 Å². The monoisotopic (exact) mass is 601 g/mol. The van der Waals surface area contributed by atoms with Crippen LogP contribution in [0.25, 0.3) is 4.85 Å². The summed E-state index contributed by atoms with van der Waals surface area (Å²) in [6, 6.07) is 0. The number of nitrogens with zero attached hydrogens (tertiary/aromatic N) is 2. The quantitative estimate of drug-likeness (QED) is 0.118. The van der Waals surface area contributed by atoms with Crippen LogP contribution in [0.5, 0.6) is 0 Å². The standard InChI is InChI=1S/C37H65N2S2/c1-11-29(27(2)3)15-14-28(4)32-16-17-33-34(32,5)22-23-37(38-8)35(6)21-19-31(26-30(35)18-20-36(33,37)7)41-40-25-13-12-24-39(9)10/h8,18,27-29,31-33H,11-17,19-26H2,1-7,9-10H3/q+1/t28-,29-,31?,32-,33?,34-,35+,36+,37+/m1/s1. The highest BCUT2D eigenvalue weighted by Gasteiger charge is 2.77. The number of rotatable bonds is 13. The van der Waals surface area contributed by atoms with Gasteiger partial charge in [0.25, 0.3) is 12.1 Å². The Morgan fingerprint density at radius 2 is 1.78 bits per heavy atom. The highest BCUT2D eigenvalue weighted by Crippen LogP contribution is 2.75. The van der Waals surface area contributed by atoms with Crippen molar-refractivity contribution < 1.29 is 0 Å². The van der Waals surface area contributed by atoms with Gasteiger partial charge in [-0.25, -0.2) is 0 Å². The van der Waals surface area contributed by atoms with Gasteiger partial charge in [-0.15, -0.1) is 0 Å². The van der Waals surface area contributed by atoms with Crippen LogP contribution in [0.4, 0.5) is 0 Å². The second kappa shape index (κ2) is 13.5. The molecule has 0 bridgehead atoms. The number of hydrogen-bond acceptors (Lipinski definition) is 3. The molecule has 3 saturated carbocycles. The normalized spacial score (nSPS) is 40.0. The van der Waals surface area contributed by atoms with Gasteiger partial charge in [-0.2, -0.15) is 0 Å². The van der Waals surface area contributed by atoms with Crippen LogP contribution in [-0.2, 0) is 0 Å². The van der Waals surface area contributed by atoms with Gasteiger partial charge in [-0.1, -0.05) is 92.5 Å². The average Bonchev–Trinajstić information content (AvgIpc) is 3.29. The van der Waals surface area contributed by atoms with E-state index in [1.165, 1.54) is 95.8 Å². The lowest BCUT2D eigenvalue weighted by atomic mass is 9.38. The fourth-order valence-electron chi connectivity index (χ4n) is 11.0. The Hall–Kier alpha value is -0.110. The average molecular weight is 602 g/mol. The van der Waals surface area contributed by atoms with Crippen molar-refractivity contribution in [2.75, 3.05) is 26.4 Å². The largest absolute Gasteiger partial charge is 0.309 e. The maximum atomic E-state index is 6.64. The molecule has 4 rings (SSSR count). The number of fused-ring (bicyclic) bond motifs is 5. The lowest BCUT2D eigenvalue weighted by molar-refractivity contribution is -0.109. The van der Waals surface area contributed by atoms with E-state index < -0.39 is 0 Å². The fraction of sp³-hybridized carbons (Fsp3) is 0.919. The summed E-state index contributed by atoms with van der Waals surface area (Å²) in [6.07, 6.45) is 19.8. The molecule has 9 atom stereocenters. The van der Waals surface area contributed by atoms with E-state index >= 15 is 0 Å². The van der Waals surface area contributed by atoms with Gasteiger partial charge in [0.05, 0.1) is 10.8 Å².